The van der Waals surface area contributed by atoms with Crippen LogP contribution in [0.1, 0.15) is 85.3 Å². The van der Waals surface area contributed by atoms with Crippen molar-refractivity contribution in [3.8, 4) is 0 Å². The second kappa shape index (κ2) is 10.0. The first kappa shape index (κ1) is 19.2. The van der Waals surface area contributed by atoms with Crippen molar-refractivity contribution in [2.24, 2.45) is 0 Å². The van der Waals surface area contributed by atoms with Gasteiger partial charge in [-0.1, -0.05) is 75.9 Å². The zero-order valence-corrected chi connectivity index (χ0v) is 15.5. The van der Waals surface area contributed by atoms with Gasteiger partial charge in [0, 0.05) is 5.92 Å². The number of carbonyl (C=O) groups is 1. The lowest BCUT2D eigenvalue weighted by atomic mass is 9.86. The van der Waals surface area contributed by atoms with Gasteiger partial charge >= 0.3 is 5.97 Å². The minimum atomic E-state index is -0.859. The molecule has 0 radical (unpaired) electrons. The fraction of sp³-hybridized carbons (Fsp3) is 0.435. The Hall–Kier alpha value is -2.09. The highest BCUT2D eigenvalue weighted by atomic mass is 16.4. The van der Waals surface area contributed by atoms with Gasteiger partial charge in [-0.25, -0.2) is 4.79 Å². The monoisotopic (exact) mass is 338 g/mol. The van der Waals surface area contributed by atoms with Crippen molar-refractivity contribution in [1.29, 1.82) is 0 Å². The van der Waals surface area contributed by atoms with Crippen LogP contribution in [-0.4, -0.2) is 11.1 Å². The van der Waals surface area contributed by atoms with Gasteiger partial charge < -0.3 is 5.11 Å². The first-order valence-corrected chi connectivity index (χ1v) is 9.57. The molecule has 1 N–H and O–H groups in total. The van der Waals surface area contributed by atoms with Crippen LogP contribution in [0.3, 0.4) is 0 Å². The first-order chi connectivity index (χ1) is 12.2. The predicted octanol–water partition coefficient (Wildman–Crippen LogP) is 6.44. The van der Waals surface area contributed by atoms with Crippen molar-refractivity contribution in [2.75, 3.05) is 0 Å². The third kappa shape index (κ3) is 5.74. The van der Waals surface area contributed by atoms with Gasteiger partial charge in [0.2, 0.25) is 0 Å². The third-order valence-corrected chi connectivity index (χ3v) is 4.83. The van der Waals surface area contributed by atoms with Gasteiger partial charge in [-0.05, 0) is 48.1 Å². The highest BCUT2D eigenvalue weighted by Gasteiger charge is 2.15. The van der Waals surface area contributed by atoms with Crippen LogP contribution in [0.2, 0.25) is 0 Å². The largest absolute Gasteiger partial charge is 0.478 e. The maximum absolute atomic E-state index is 11.3. The average Bonchev–Trinajstić information content (AvgIpc) is 2.63. The van der Waals surface area contributed by atoms with Crippen molar-refractivity contribution >= 4 is 5.97 Å². The number of unbranched alkanes of at least 4 members (excludes halogenated alkanes) is 3. The van der Waals surface area contributed by atoms with Crippen LogP contribution in [0.4, 0.5) is 0 Å². The summed E-state index contributed by atoms with van der Waals surface area (Å²) in [6, 6.07) is 16.4. The Bertz CT molecular complexity index is 658. The van der Waals surface area contributed by atoms with Crippen molar-refractivity contribution < 1.29 is 9.90 Å². The summed E-state index contributed by atoms with van der Waals surface area (Å²) in [6.07, 6.45) is 8.25. The summed E-state index contributed by atoms with van der Waals surface area (Å²) in [4.78, 5) is 11.3. The molecule has 0 fully saturated rings. The molecule has 0 saturated carbocycles. The number of rotatable bonds is 10. The van der Waals surface area contributed by atoms with E-state index in [9.17, 15) is 9.90 Å². The summed E-state index contributed by atoms with van der Waals surface area (Å²) in [7, 11) is 0. The standard InChI is InChI=1S/C23H30O2/c1-3-5-7-9-18-13-15-19(16-14-18)22(12-6-4-2)20-10-8-11-21(17-20)23(24)25/h8,10-11,13-17,22H,3-7,9,12H2,1-2H3,(H,24,25). The first-order valence-electron chi connectivity index (χ1n) is 9.57. The van der Waals surface area contributed by atoms with Crippen LogP contribution < -0.4 is 0 Å². The topological polar surface area (TPSA) is 37.3 Å². The molecule has 2 rings (SSSR count). The molecule has 0 saturated heterocycles. The molecule has 2 aromatic carbocycles. The Balaban J connectivity index is 2.22. The van der Waals surface area contributed by atoms with Crippen molar-refractivity contribution in [1.82, 2.24) is 0 Å². The normalized spacial score (nSPS) is 12.1. The second-order valence-electron chi connectivity index (χ2n) is 6.82. The van der Waals surface area contributed by atoms with Crippen molar-refractivity contribution in [3.05, 3.63) is 70.8 Å². The van der Waals surface area contributed by atoms with Crippen LogP contribution >= 0.6 is 0 Å². The van der Waals surface area contributed by atoms with E-state index in [4.69, 9.17) is 0 Å². The zero-order chi connectivity index (χ0) is 18.1. The second-order valence-corrected chi connectivity index (χ2v) is 6.82. The minimum Gasteiger partial charge on any atom is -0.478 e. The molecule has 0 spiro atoms. The van der Waals surface area contributed by atoms with Crippen LogP contribution in [-0.2, 0) is 6.42 Å². The van der Waals surface area contributed by atoms with Gasteiger partial charge in [-0.3, -0.25) is 0 Å². The molecule has 0 aliphatic rings. The van der Waals surface area contributed by atoms with E-state index < -0.39 is 5.97 Å². The van der Waals surface area contributed by atoms with E-state index in [1.165, 1.54) is 30.4 Å². The van der Waals surface area contributed by atoms with Crippen LogP contribution in [0, 0.1) is 0 Å². The van der Waals surface area contributed by atoms with Gasteiger partial charge in [0.05, 0.1) is 5.56 Å². The molecule has 0 aromatic heterocycles. The lowest BCUT2D eigenvalue weighted by molar-refractivity contribution is 0.0696. The van der Waals surface area contributed by atoms with Crippen molar-refractivity contribution in [2.45, 2.75) is 64.7 Å². The Morgan fingerprint density at radius 2 is 1.64 bits per heavy atom. The quantitative estimate of drug-likeness (QED) is 0.506. The highest BCUT2D eigenvalue weighted by Crippen LogP contribution is 2.30. The van der Waals surface area contributed by atoms with E-state index in [0.29, 0.717) is 5.56 Å². The molecular weight excluding hydrogens is 308 g/mol. The smallest absolute Gasteiger partial charge is 0.335 e. The van der Waals surface area contributed by atoms with E-state index in [1.54, 1.807) is 6.07 Å². The molecule has 0 aliphatic heterocycles. The summed E-state index contributed by atoms with van der Waals surface area (Å²) in [5.74, 6) is -0.591. The van der Waals surface area contributed by atoms with Crippen molar-refractivity contribution in [3.63, 3.8) is 0 Å². The SMILES string of the molecule is CCCCCc1ccc(C(CCCC)c2cccc(C(=O)O)c2)cc1. The summed E-state index contributed by atoms with van der Waals surface area (Å²) in [5.41, 5.74) is 4.16. The zero-order valence-electron chi connectivity index (χ0n) is 15.5. The molecule has 1 atom stereocenters. The number of carboxylic acids is 1. The maximum atomic E-state index is 11.3. The van der Waals surface area contributed by atoms with Crippen LogP contribution in [0.25, 0.3) is 0 Å². The average molecular weight is 338 g/mol. The number of aryl methyl sites for hydroxylation is 1. The molecular formula is C23H30O2. The van der Waals surface area contributed by atoms with Gasteiger partial charge in [0.15, 0.2) is 0 Å². The molecule has 25 heavy (non-hydrogen) atoms. The Morgan fingerprint density at radius 1 is 0.920 bits per heavy atom. The molecule has 2 nitrogen and oxygen atoms in total. The van der Waals surface area contributed by atoms with Gasteiger partial charge in [0.1, 0.15) is 0 Å². The molecule has 1 unspecified atom stereocenters. The summed E-state index contributed by atoms with van der Waals surface area (Å²) >= 11 is 0. The molecule has 2 aromatic rings. The Labute approximate surface area is 151 Å². The van der Waals surface area contributed by atoms with Crippen LogP contribution in [0.15, 0.2) is 48.5 Å². The number of carboxylic acid groups (broad SMARTS) is 1. The number of hydrogen-bond acceptors (Lipinski definition) is 1. The third-order valence-electron chi connectivity index (χ3n) is 4.83. The number of benzene rings is 2. The van der Waals surface area contributed by atoms with E-state index in [-0.39, 0.29) is 5.92 Å². The van der Waals surface area contributed by atoms with Gasteiger partial charge in [-0.15, -0.1) is 0 Å². The summed E-state index contributed by atoms with van der Waals surface area (Å²) in [6.45, 7) is 4.42. The molecule has 2 heteroatoms. The van der Waals surface area contributed by atoms with Gasteiger partial charge in [0.25, 0.3) is 0 Å². The highest BCUT2D eigenvalue weighted by molar-refractivity contribution is 5.87. The van der Waals surface area contributed by atoms with Gasteiger partial charge in [-0.2, -0.15) is 0 Å². The lowest BCUT2D eigenvalue weighted by Gasteiger charge is -2.19. The number of hydrogen-bond donors (Lipinski definition) is 1. The molecule has 134 valence electrons. The van der Waals surface area contributed by atoms with E-state index in [1.807, 2.05) is 12.1 Å². The molecule has 0 aliphatic carbocycles. The van der Waals surface area contributed by atoms with E-state index >= 15 is 0 Å². The molecule has 0 amide bonds. The lowest BCUT2D eigenvalue weighted by Crippen LogP contribution is -2.04. The molecule has 0 bridgehead atoms. The van der Waals surface area contributed by atoms with E-state index in [0.717, 1.165) is 31.2 Å². The van der Waals surface area contributed by atoms with E-state index in [2.05, 4.69) is 44.2 Å². The Morgan fingerprint density at radius 3 is 2.28 bits per heavy atom. The summed E-state index contributed by atoms with van der Waals surface area (Å²) < 4.78 is 0. The fourth-order valence-electron chi connectivity index (χ4n) is 3.32. The molecule has 0 heterocycles. The minimum absolute atomic E-state index is 0.268. The number of aromatic carboxylic acids is 1. The predicted molar refractivity (Wildman–Crippen MR) is 104 cm³/mol. The van der Waals surface area contributed by atoms with Crippen LogP contribution in [0.5, 0.6) is 0 Å². The Kier molecular flexibility index (Phi) is 7.72. The fourth-order valence-corrected chi connectivity index (χ4v) is 3.32. The summed E-state index contributed by atoms with van der Waals surface area (Å²) in [5, 5.41) is 9.28. The maximum Gasteiger partial charge on any atom is 0.335 e.